The van der Waals surface area contributed by atoms with Crippen LogP contribution in [0.4, 0.5) is 13.6 Å². The van der Waals surface area contributed by atoms with Crippen molar-refractivity contribution >= 4 is 17.9 Å². The van der Waals surface area contributed by atoms with Crippen LogP contribution in [0.3, 0.4) is 0 Å². The zero-order chi connectivity index (χ0) is 22.3. The third-order valence-electron chi connectivity index (χ3n) is 5.89. The van der Waals surface area contributed by atoms with Crippen molar-refractivity contribution in [2.24, 2.45) is 0 Å². The number of hydrogen-bond acceptors (Lipinski definition) is 4. The Morgan fingerprint density at radius 1 is 1.23 bits per heavy atom. The molecule has 9 heteroatoms. The fourth-order valence-electron chi connectivity index (χ4n) is 4.14. The van der Waals surface area contributed by atoms with Gasteiger partial charge in [0.1, 0.15) is 12.1 Å². The number of carbonyl (C=O) groups is 3. The normalized spacial score (nSPS) is 22.4. The number of rotatable bonds is 4. The molecule has 2 heterocycles. The van der Waals surface area contributed by atoms with E-state index < -0.39 is 17.6 Å². The number of amides is 3. The molecular formula is C21H27F2N3O4. The van der Waals surface area contributed by atoms with Crippen LogP contribution in [-0.4, -0.2) is 70.9 Å². The maximum absolute atomic E-state index is 13.5. The lowest BCUT2D eigenvalue weighted by atomic mass is 9.89. The summed E-state index contributed by atoms with van der Waals surface area (Å²) in [6, 6.07) is 5.57. The fourth-order valence-corrected chi connectivity index (χ4v) is 4.14. The molecule has 1 spiro atoms. The predicted octanol–water partition coefficient (Wildman–Crippen LogP) is 2.59. The van der Waals surface area contributed by atoms with Crippen LogP contribution >= 0.6 is 0 Å². The molecule has 1 aromatic carbocycles. The van der Waals surface area contributed by atoms with Gasteiger partial charge in [-0.3, -0.25) is 9.59 Å². The number of hydrogen-bond donors (Lipinski definition) is 0. The van der Waals surface area contributed by atoms with E-state index in [1.807, 2.05) is 13.8 Å². The van der Waals surface area contributed by atoms with E-state index in [0.29, 0.717) is 12.0 Å². The van der Waals surface area contributed by atoms with Gasteiger partial charge in [0.05, 0.1) is 13.7 Å². The first-order chi connectivity index (χ1) is 14.0. The van der Waals surface area contributed by atoms with Crippen LogP contribution in [0.15, 0.2) is 24.3 Å². The Morgan fingerprint density at radius 2 is 1.87 bits per heavy atom. The molecule has 1 atom stereocenters. The lowest BCUT2D eigenvalue weighted by molar-refractivity contribution is -0.166. The van der Waals surface area contributed by atoms with Crippen molar-refractivity contribution in [3.8, 4) is 0 Å². The number of halogens is 2. The van der Waals surface area contributed by atoms with Gasteiger partial charge in [-0.1, -0.05) is 24.3 Å². The number of ether oxygens (including phenoxy) is 1. The van der Waals surface area contributed by atoms with E-state index in [0.717, 1.165) is 6.92 Å². The molecule has 2 aliphatic heterocycles. The summed E-state index contributed by atoms with van der Waals surface area (Å²) >= 11 is 0. The highest BCUT2D eigenvalue weighted by molar-refractivity contribution is 5.99. The average molecular weight is 423 g/mol. The van der Waals surface area contributed by atoms with Crippen molar-refractivity contribution in [2.75, 3.05) is 26.7 Å². The van der Waals surface area contributed by atoms with Gasteiger partial charge >= 0.3 is 6.09 Å². The van der Waals surface area contributed by atoms with E-state index in [1.54, 1.807) is 12.1 Å². The highest BCUT2D eigenvalue weighted by atomic mass is 19.3. The number of benzene rings is 1. The molecule has 0 aliphatic carbocycles. The Morgan fingerprint density at radius 3 is 2.40 bits per heavy atom. The number of nitrogens with zero attached hydrogens (tertiary/aromatic N) is 3. The van der Waals surface area contributed by atoms with Gasteiger partial charge in [0.2, 0.25) is 5.91 Å². The van der Waals surface area contributed by atoms with Crippen molar-refractivity contribution in [2.45, 2.75) is 51.2 Å². The third kappa shape index (κ3) is 3.85. The van der Waals surface area contributed by atoms with Gasteiger partial charge in [0.25, 0.3) is 11.8 Å². The lowest BCUT2D eigenvalue weighted by Crippen LogP contribution is -2.69. The first kappa shape index (κ1) is 22.0. The van der Waals surface area contributed by atoms with Crippen molar-refractivity contribution in [3.05, 3.63) is 35.4 Å². The van der Waals surface area contributed by atoms with Gasteiger partial charge in [-0.15, -0.1) is 0 Å². The third-order valence-corrected chi connectivity index (χ3v) is 5.89. The molecule has 7 nitrogen and oxygen atoms in total. The van der Waals surface area contributed by atoms with E-state index in [2.05, 4.69) is 0 Å². The molecule has 164 valence electrons. The van der Waals surface area contributed by atoms with E-state index >= 15 is 0 Å². The first-order valence-corrected chi connectivity index (χ1v) is 9.91. The number of methoxy groups -OCH3 is 1. The molecule has 1 unspecified atom stereocenters. The molecule has 0 aromatic heterocycles. The summed E-state index contributed by atoms with van der Waals surface area (Å²) in [6.45, 7) is 4.87. The van der Waals surface area contributed by atoms with Crippen molar-refractivity contribution in [1.82, 2.24) is 14.7 Å². The summed E-state index contributed by atoms with van der Waals surface area (Å²) in [5.41, 5.74) is -0.676. The van der Waals surface area contributed by atoms with Gasteiger partial charge in [0.15, 0.2) is 0 Å². The highest BCUT2D eigenvalue weighted by Gasteiger charge is 2.57. The number of piperazine rings is 1. The lowest BCUT2D eigenvalue weighted by Gasteiger charge is -2.48. The SMILES string of the molecule is COC(=O)N1CCC2(C1)C(=O)N(C(C)C)CC(=O)N2Cc1ccc(C(C)(F)F)cc1. The highest BCUT2D eigenvalue weighted by Crippen LogP contribution is 2.36. The molecular weight excluding hydrogens is 396 g/mol. The summed E-state index contributed by atoms with van der Waals surface area (Å²) in [6.07, 6.45) is -0.260. The second-order valence-corrected chi connectivity index (χ2v) is 8.27. The molecule has 1 aromatic rings. The maximum Gasteiger partial charge on any atom is 0.409 e. The molecule has 0 N–H and O–H groups in total. The van der Waals surface area contributed by atoms with E-state index in [-0.39, 0.29) is 49.6 Å². The average Bonchev–Trinajstić information content (AvgIpc) is 3.13. The number of carbonyl (C=O) groups excluding carboxylic acids is 3. The summed E-state index contributed by atoms with van der Waals surface area (Å²) in [7, 11) is 1.27. The second kappa shape index (κ2) is 7.85. The van der Waals surface area contributed by atoms with Crippen LogP contribution < -0.4 is 0 Å². The minimum Gasteiger partial charge on any atom is -0.453 e. The van der Waals surface area contributed by atoms with Gasteiger partial charge in [-0.2, -0.15) is 0 Å². The Bertz CT molecular complexity index is 838. The topological polar surface area (TPSA) is 70.2 Å². The summed E-state index contributed by atoms with van der Waals surface area (Å²) < 4.78 is 31.8. The smallest absolute Gasteiger partial charge is 0.409 e. The van der Waals surface area contributed by atoms with Crippen LogP contribution in [0.5, 0.6) is 0 Å². The molecule has 30 heavy (non-hydrogen) atoms. The predicted molar refractivity (Wildman–Crippen MR) is 105 cm³/mol. The molecule has 3 rings (SSSR count). The standard InChI is InChI=1S/C21H27F2N3O4/c1-14(2)25-12-17(27)26(11-15-5-7-16(8-6-15)20(3,22)23)21(18(25)28)9-10-24(13-21)19(29)30-4/h5-8,14H,9-13H2,1-4H3. The molecule has 2 saturated heterocycles. The van der Waals surface area contributed by atoms with E-state index in [1.165, 1.54) is 33.9 Å². The Labute approximate surface area is 174 Å². The zero-order valence-electron chi connectivity index (χ0n) is 17.7. The van der Waals surface area contributed by atoms with Crippen molar-refractivity contribution in [1.29, 1.82) is 0 Å². The maximum atomic E-state index is 13.5. The van der Waals surface area contributed by atoms with Crippen LogP contribution in [0.2, 0.25) is 0 Å². The van der Waals surface area contributed by atoms with Crippen molar-refractivity contribution < 1.29 is 27.9 Å². The fraction of sp³-hybridized carbons (Fsp3) is 0.571. The van der Waals surface area contributed by atoms with Crippen LogP contribution in [-0.2, 0) is 26.8 Å². The van der Waals surface area contributed by atoms with E-state index in [4.69, 9.17) is 4.74 Å². The molecule has 2 aliphatic rings. The monoisotopic (exact) mass is 423 g/mol. The van der Waals surface area contributed by atoms with Gasteiger partial charge in [0, 0.05) is 31.6 Å². The van der Waals surface area contributed by atoms with Crippen LogP contribution in [0.25, 0.3) is 0 Å². The van der Waals surface area contributed by atoms with Gasteiger partial charge in [-0.05, 0) is 25.8 Å². The molecule has 0 saturated carbocycles. The minimum absolute atomic E-state index is 0.0403. The van der Waals surface area contributed by atoms with Crippen molar-refractivity contribution in [3.63, 3.8) is 0 Å². The second-order valence-electron chi connectivity index (χ2n) is 8.27. The van der Waals surface area contributed by atoms with Crippen LogP contribution in [0, 0.1) is 0 Å². The molecule has 2 fully saturated rings. The quantitative estimate of drug-likeness (QED) is 0.747. The minimum atomic E-state index is -2.96. The van der Waals surface area contributed by atoms with Gasteiger partial charge in [-0.25, -0.2) is 13.6 Å². The molecule has 3 amide bonds. The summed E-state index contributed by atoms with van der Waals surface area (Å²) in [4.78, 5) is 43.0. The summed E-state index contributed by atoms with van der Waals surface area (Å²) in [5, 5.41) is 0. The zero-order valence-corrected chi connectivity index (χ0v) is 17.7. The largest absolute Gasteiger partial charge is 0.453 e. The van der Waals surface area contributed by atoms with Crippen LogP contribution in [0.1, 0.15) is 38.3 Å². The number of likely N-dealkylation sites (tertiary alicyclic amines) is 1. The van der Waals surface area contributed by atoms with Gasteiger partial charge < -0.3 is 19.4 Å². The Balaban J connectivity index is 1.93. The first-order valence-electron chi connectivity index (χ1n) is 9.91. The Hall–Kier alpha value is -2.71. The molecule has 0 bridgehead atoms. The summed E-state index contributed by atoms with van der Waals surface area (Å²) in [5.74, 6) is -3.40. The molecule has 0 radical (unpaired) electrons. The van der Waals surface area contributed by atoms with E-state index in [9.17, 15) is 23.2 Å². The Kier molecular flexibility index (Phi) is 5.75. The number of alkyl halides is 2.